The van der Waals surface area contributed by atoms with Crippen molar-refractivity contribution in [3.8, 4) is 0 Å². The summed E-state index contributed by atoms with van der Waals surface area (Å²) in [5, 5.41) is 10.0. The maximum absolute atomic E-state index is 14.7. The van der Waals surface area contributed by atoms with Gasteiger partial charge in [-0.3, -0.25) is 9.80 Å². The van der Waals surface area contributed by atoms with Crippen molar-refractivity contribution < 1.29 is 31.8 Å². The lowest BCUT2D eigenvalue weighted by molar-refractivity contribution is -0.103. The molecule has 9 nitrogen and oxygen atoms in total. The number of amides is 1. The highest BCUT2D eigenvalue weighted by atomic mass is 32.2. The zero-order chi connectivity index (χ0) is 25.0. The molecule has 3 atom stereocenters. The number of ether oxygens (including phenoxy) is 1. The van der Waals surface area contributed by atoms with Crippen LogP contribution >= 0.6 is 0 Å². The third-order valence-corrected chi connectivity index (χ3v) is 7.38. The van der Waals surface area contributed by atoms with Gasteiger partial charge in [0.05, 0.1) is 30.3 Å². The number of benzene rings is 1. The summed E-state index contributed by atoms with van der Waals surface area (Å²) in [6, 6.07) is 1.96. The van der Waals surface area contributed by atoms with Gasteiger partial charge >= 0.3 is 6.09 Å². The summed E-state index contributed by atoms with van der Waals surface area (Å²) in [6.45, 7) is 6.00. The van der Waals surface area contributed by atoms with Crippen molar-refractivity contribution in [2.24, 2.45) is 0 Å². The van der Waals surface area contributed by atoms with E-state index < -0.39 is 45.4 Å². The van der Waals surface area contributed by atoms with E-state index in [1.807, 2.05) is 4.90 Å². The largest absolute Gasteiger partial charge is 0.465 e. The first-order valence-electron chi connectivity index (χ1n) is 10.9. The van der Waals surface area contributed by atoms with Crippen LogP contribution in [0.1, 0.15) is 50.2 Å². The summed E-state index contributed by atoms with van der Waals surface area (Å²) in [5.74, 6) is -1.31. The van der Waals surface area contributed by atoms with Crippen LogP contribution in [0.5, 0.6) is 0 Å². The van der Waals surface area contributed by atoms with Crippen molar-refractivity contribution >= 4 is 16.1 Å². The number of halogens is 2. The molecule has 1 aromatic carbocycles. The molecule has 1 saturated heterocycles. The normalized spacial score (nSPS) is 23.6. The molecule has 12 heteroatoms. The maximum Gasteiger partial charge on any atom is 0.408 e. The molecule has 1 amide bonds. The molecule has 0 radical (unpaired) electrons. The van der Waals surface area contributed by atoms with Crippen LogP contribution < -0.4 is 0 Å². The smallest absolute Gasteiger partial charge is 0.408 e. The van der Waals surface area contributed by atoms with E-state index in [2.05, 4.69) is 4.98 Å². The number of carboxylic acid groups (broad SMARTS) is 1. The third kappa shape index (κ3) is 4.53. The van der Waals surface area contributed by atoms with Gasteiger partial charge in [-0.2, -0.15) is 0 Å². The third-order valence-electron chi connectivity index (χ3n) is 6.35. The Hall–Kier alpha value is -2.57. The van der Waals surface area contributed by atoms with E-state index in [0.29, 0.717) is 24.5 Å². The molecule has 2 aliphatic heterocycles. The average Bonchev–Trinajstić information content (AvgIpc) is 3.29. The van der Waals surface area contributed by atoms with Gasteiger partial charge in [-0.25, -0.2) is 30.9 Å². The fraction of sp³-hybridized carbons (Fsp3) is 0.545. The Morgan fingerprint density at radius 2 is 1.97 bits per heavy atom. The maximum atomic E-state index is 14.7. The van der Waals surface area contributed by atoms with Crippen LogP contribution in [0.4, 0.5) is 13.6 Å². The summed E-state index contributed by atoms with van der Waals surface area (Å²) in [4.78, 5) is 19.7. The van der Waals surface area contributed by atoms with E-state index in [1.165, 1.54) is 11.2 Å². The quantitative estimate of drug-likeness (QED) is 0.691. The molecule has 3 heterocycles. The van der Waals surface area contributed by atoms with Crippen molar-refractivity contribution in [3.05, 3.63) is 53.1 Å². The minimum atomic E-state index is -3.51. The molecule has 0 unspecified atom stereocenters. The molecule has 4 rings (SSSR count). The van der Waals surface area contributed by atoms with Crippen LogP contribution in [0.25, 0.3) is 0 Å². The van der Waals surface area contributed by atoms with Gasteiger partial charge in [0.15, 0.2) is 0 Å². The number of fused-ring (bicyclic) bond motifs is 1. The van der Waals surface area contributed by atoms with Crippen LogP contribution in [-0.2, 0) is 27.8 Å². The Labute approximate surface area is 197 Å². The molecule has 186 valence electrons. The monoisotopic (exact) mass is 498 g/mol. The van der Waals surface area contributed by atoms with Gasteiger partial charge in [0.2, 0.25) is 10.0 Å². The summed E-state index contributed by atoms with van der Waals surface area (Å²) < 4.78 is 60.0. The molecule has 2 aliphatic rings. The van der Waals surface area contributed by atoms with E-state index in [9.17, 15) is 27.1 Å². The first-order chi connectivity index (χ1) is 15.8. The van der Waals surface area contributed by atoms with E-state index in [1.54, 1.807) is 20.8 Å². The van der Waals surface area contributed by atoms with Crippen LogP contribution in [0.2, 0.25) is 0 Å². The second kappa shape index (κ2) is 8.58. The Morgan fingerprint density at radius 3 is 2.59 bits per heavy atom. The minimum absolute atomic E-state index is 0.0335. The van der Waals surface area contributed by atoms with E-state index >= 15 is 0 Å². The van der Waals surface area contributed by atoms with Crippen molar-refractivity contribution in [2.75, 3.05) is 12.9 Å². The Bertz CT molecular complexity index is 1210. The number of nitrogens with zero attached hydrogens (tertiary/aromatic N) is 4. The standard InChI is InChI=1S/C22H28F2N4O5S/c1-22(2,3)28(21(29)30)18-8-14(11-33-20(18)15-7-13(23)5-6-16(15)24)26-9-17-19(10-26)27(12-25-17)34(4,31)32/h5-7,12,14,18,20H,8-11H2,1-4H3,(H,29,30)/t14-,18+,20-/m1/s1. The molecule has 2 aromatic rings. The molecule has 34 heavy (non-hydrogen) atoms. The van der Waals surface area contributed by atoms with Gasteiger partial charge in [0.1, 0.15) is 24.1 Å². The zero-order valence-electron chi connectivity index (χ0n) is 19.4. The SMILES string of the molecule is CC(C)(C)N(C(=O)O)[C@H]1C[C@@H](N2Cc3ncn(S(C)(=O)=O)c3C2)CO[C@@H]1c1cc(F)ccc1F. The second-order valence-electron chi connectivity index (χ2n) is 9.80. The molecule has 0 spiro atoms. The van der Waals surface area contributed by atoms with Gasteiger partial charge < -0.3 is 9.84 Å². The van der Waals surface area contributed by atoms with Crippen LogP contribution in [-0.4, -0.2) is 68.9 Å². The average molecular weight is 499 g/mol. The lowest BCUT2D eigenvalue weighted by Gasteiger charge is -2.48. The van der Waals surface area contributed by atoms with Gasteiger partial charge in [-0.15, -0.1) is 0 Å². The first kappa shape index (κ1) is 24.6. The van der Waals surface area contributed by atoms with Gasteiger partial charge in [0.25, 0.3) is 0 Å². The molecule has 1 fully saturated rings. The predicted octanol–water partition coefficient (Wildman–Crippen LogP) is 2.96. The molecule has 1 N–H and O–H groups in total. The zero-order valence-corrected chi connectivity index (χ0v) is 20.2. The summed E-state index contributed by atoms with van der Waals surface area (Å²) >= 11 is 0. The van der Waals surface area contributed by atoms with Crippen molar-refractivity contribution in [1.29, 1.82) is 0 Å². The van der Waals surface area contributed by atoms with Crippen LogP contribution in [0, 0.1) is 11.6 Å². The Kier molecular flexibility index (Phi) is 6.19. The number of hydrogen-bond acceptors (Lipinski definition) is 6. The van der Waals surface area contributed by atoms with Gasteiger partial charge in [0, 0.05) is 30.2 Å². The Balaban J connectivity index is 1.66. The molecular formula is C22H28F2N4O5S. The fourth-order valence-corrected chi connectivity index (χ4v) is 5.70. The molecule has 0 aliphatic carbocycles. The van der Waals surface area contributed by atoms with E-state index in [4.69, 9.17) is 4.74 Å². The van der Waals surface area contributed by atoms with Crippen molar-refractivity contribution in [1.82, 2.24) is 18.8 Å². The van der Waals surface area contributed by atoms with Crippen LogP contribution in [0.15, 0.2) is 24.5 Å². The summed E-state index contributed by atoms with van der Waals surface area (Å²) in [5.41, 5.74) is 0.315. The van der Waals surface area contributed by atoms with Gasteiger partial charge in [-0.05, 0) is 45.4 Å². The van der Waals surface area contributed by atoms with Gasteiger partial charge in [-0.1, -0.05) is 0 Å². The van der Waals surface area contributed by atoms with Crippen molar-refractivity contribution in [3.63, 3.8) is 0 Å². The number of hydrogen-bond donors (Lipinski definition) is 1. The molecule has 0 saturated carbocycles. The highest BCUT2D eigenvalue weighted by Crippen LogP contribution is 2.39. The molecule has 1 aromatic heterocycles. The minimum Gasteiger partial charge on any atom is -0.465 e. The molecule has 0 bridgehead atoms. The van der Waals surface area contributed by atoms with Crippen LogP contribution in [0.3, 0.4) is 0 Å². The topological polar surface area (TPSA) is 105 Å². The summed E-state index contributed by atoms with van der Waals surface area (Å²) in [6.07, 6.45) is 0.469. The second-order valence-corrected chi connectivity index (χ2v) is 11.7. The predicted molar refractivity (Wildman–Crippen MR) is 119 cm³/mol. The number of carbonyl (C=O) groups is 1. The number of rotatable bonds is 4. The number of aromatic nitrogens is 2. The van der Waals surface area contributed by atoms with Crippen molar-refractivity contribution in [2.45, 2.75) is 64.0 Å². The first-order valence-corrected chi connectivity index (χ1v) is 12.7. The molecular weight excluding hydrogens is 470 g/mol. The number of imidazole rings is 1. The lowest BCUT2D eigenvalue weighted by atomic mass is 9.88. The van der Waals surface area contributed by atoms with E-state index in [-0.39, 0.29) is 24.6 Å². The van der Waals surface area contributed by atoms with E-state index in [0.717, 1.165) is 28.4 Å². The summed E-state index contributed by atoms with van der Waals surface area (Å²) in [7, 11) is -3.51. The highest BCUT2D eigenvalue weighted by Gasteiger charge is 2.46. The lowest BCUT2D eigenvalue weighted by Crippen LogP contribution is -2.58. The Morgan fingerprint density at radius 1 is 1.26 bits per heavy atom. The highest BCUT2D eigenvalue weighted by molar-refractivity contribution is 7.89. The fourth-order valence-electron chi connectivity index (χ4n) is 4.92.